The van der Waals surface area contributed by atoms with Gasteiger partial charge in [0.1, 0.15) is 0 Å². The number of ether oxygens (including phenoxy) is 2. The number of hydrogen-bond donors (Lipinski definition) is 1. The minimum atomic E-state index is -0.531. The molecule has 2 aromatic rings. The third kappa shape index (κ3) is 3.88. The van der Waals surface area contributed by atoms with E-state index in [1.54, 1.807) is 0 Å². The van der Waals surface area contributed by atoms with Crippen molar-refractivity contribution in [3.05, 3.63) is 57.6 Å². The second-order valence-corrected chi connectivity index (χ2v) is 5.77. The van der Waals surface area contributed by atoms with Gasteiger partial charge in [-0.1, -0.05) is 6.07 Å². The fraction of sp³-hybridized carbons (Fsp3) is 0.278. The number of nitrogens with one attached hydrogen (secondary N) is 1. The number of fused-ring (bicyclic) bond motifs is 1. The third-order valence-electron chi connectivity index (χ3n) is 4.10. The predicted molar refractivity (Wildman–Crippen MR) is 92.2 cm³/mol. The summed E-state index contributed by atoms with van der Waals surface area (Å²) in [5, 5.41) is 13.6. The van der Waals surface area contributed by atoms with Crippen LogP contribution in [0.1, 0.15) is 17.5 Å². The van der Waals surface area contributed by atoms with E-state index in [9.17, 15) is 14.9 Å². The van der Waals surface area contributed by atoms with E-state index in [0.717, 1.165) is 24.9 Å². The molecule has 130 valence electrons. The van der Waals surface area contributed by atoms with Crippen LogP contribution in [-0.4, -0.2) is 24.5 Å². The van der Waals surface area contributed by atoms with E-state index >= 15 is 0 Å². The molecule has 7 nitrogen and oxygen atoms in total. The van der Waals surface area contributed by atoms with E-state index in [2.05, 4.69) is 5.32 Å². The minimum absolute atomic E-state index is 0.130. The van der Waals surface area contributed by atoms with Gasteiger partial charge in [-0.15, -0.1) is 0 Å². The molecule has 0 bridgehead atoms. The highest BCUT2D eigenvalue weighted by Crippen LogP contribution is 2.31. The summed E-state index contributed by atoms with van der Waals surface area (Å²) in [7, 11) is 1.43. The molecule has 0 unspecified atom stereocenters. The first-order valence-corrected chi connectivity index (χ1v) is 7.93. The van der Waals surface area contributed by atoms with Gasteiger partial charge in [-0.25, -0.2) is 0 Å². The van der Waals surface area contributed by atoms with E-state index < -0.39 is 4.92 Å². The van der Waals surface area contributed by atoms with Gasteiger partial charge in [-0.05, 0) is 48.6 Å². The van der Waals surface area contributed by atoms with E-state index in [4.69, 9.17) is 9.47 Å². The Morgan fingerprint density at radius 2 is 1.96 bits per heavy atom. The Kier molecular flexibility index (Phi) is 4.83. The SMILES string of the molecule is COc1ccc([N+](=O)[O-])cc1OCC(=O)Nc1ccc2c(c1)CCC2. The number of hydrogen-bond acceptors (Lipinski definition) is 5. The molecule has 1 aliphatic carbocycles. The van der Waals surface area contributed by atoms with Crippen LogP contribution in [0.2, 0.25) is 0 Å². The van der Waals surface area contributed by atoms with Gasteiger partial charge in [0.05, 0.1) is 18.1 Å². The summed E-state index contributed by atoms with van der Waals surface area (Å²) in [4.78, 5) is 22.4. The summed E-state index contributed by atoms with van der Waals surface area (Å²) in [6, 6.07) is 9.87. The highest BCUT2D eigenvalue weighted by Gasteiger charge is 2.15. The Morgan fingerprint density at radius 1 is 1.16 bits per heavy atom. The number of carbonyl (C=O) groups is 1. The summed E-state index contributed by atoms with van der Waals surface area (Å²) in [5.74, 6) is 0.142. The van der Waals surface area contributed by atoms with Crippen LogP contribution >= 0.6 is 0 Å². The van der Waals surface area contributed by atoms with Crippen LogP contribution in [0.25, 0.3) is 0 Å². The lowest BCUT2D eigenvalue weighted by molar-refractivity contribution is -0.385. The van der Waals surface area contributed by atoms with Crippen LogP contribution in [0.15, 0.2) is 36.4 Å². The molecule has 1 aliphatic rings. The average Bonchev–Trinajstić information content (AvgIpc) is 3.07. The molecule has 0 fully saturated rings. The van der Waals surface area contributed by atoms with E-state index in [1.807, 2.05) is 18.2 Å². The van der Waals surface area contributed by atoms with Gasteiger partial charge in [0, 0.05) is 11.8 Å². The van der Waals surface area contributed by atoms with Gasteiger partial charge in [0.2, 0.25) is 0 Å². The molecule has 1 N–H and O–H groups in total. The second kappa shape index (κ2) is 7.21. The molecule has 1 amide bonds. The summed E-state index contributed by atoms with van der Waals surface area (Å²) in [6.45, 7) is -0.269. The second-order valence-electron chi connectivity index (χ2n) is 5.77. The quantitative estimate of drug-likeness (QED) is 0.643. The Labute approximate surface area is 144 Å². The molecule has 3 rings (SSSR count). The van der Waals surface area contributed by atoms with Crippen LogP contribution in [0.3, 0.4) is 0 Å². The van der Waals surface area contributed by atoms with E-state index in [-0.39, 0.29) is 24.0 Å². The first-order chi connectivity index (χ1) is 12.1. The lowest BCUT2D eigenvalue weighted by atomic mass is 10.1. The third-order valence-corrected chi connectivity index (χ3v) is 4.10. The van der Waals surface area contributed by atoms with Gasteiger partial charge in [0.15, 0.2) is 18.1 Å². The first kappa shape index (κ1) is 16.8. The number of nitro benzene ring substituents is 1. The molecule has 0 atom stereocenters. The van der Waals surface area contributed by atoms with Crippen molar-refractivity contribution < 1.29 is 19.2 Å². The summed E-state index contributed by atoms with van der Waals surface area (Å²) >= 11 is 0. The predicted octanol–water partition coefficient (Wildman–Crippen LogP) is 3.11. The summed E-state index contributed by atoms with van der Waals surface area (Å²) in [5.41, 5.74) is 3.18. The van der Waals surface area contributed by atoms with Crippen molar-refractivity contribution in [2.45, 2.75) is 19.3 Å². The zero-order chi connectivity index (χ0) is 17.8. The Morgan fingerprint density at radius 3 is 2.72 bits per heavy atom. The number of amides is 1. The average molecular weight is 342 g/mol. The lowest BCUT2D eigenvalue weighted by Crippen LogP contribution is -2.20. The fourth-order valence-corrected chi connectivity index (χ4v) is 2.88. The standard InChI is InChI=1S/C18H18N2O5/c1-24-16-8-7-15(20(22)23)10-17(16)25-11-18(21)19-14-6-5-12-3-2-4-13(12)9-14/h5-10H,2-4,11H2,1H3,(H,19,21). The van der Waals surface area contributed by atoms with Gasteiger partial charge in [-0.2, -0.15) is 0 Å². The van der Waals surface area contributed by atoms with Gasteiger partial charge in [0.25, 0.3) is 11.6 Å². The van der Waals surface area contributed by atoms with Gasteiger partial charge < -0.3 is 14.8 Å². The molecule has 0 radical (unpaired) electrons. The topological polar surface area (TPSA) is 90.7 Å². The molecule has 0 saturated heterocycles. The smallest absolute Gasteiger partial charge is 0.273 e. The van der Waals surface area contributed by atoms with Crippen molar-refractivity contribution in [1.82, 2.24) is 0 Å². The molecule has 0 spiro atoms. The molecule has 7 heteroatoms. The number of aryl methyl sites for hydroxylation is 2. The molecule has 0 saturated carbocycles. The van der Waals surface area contributed by atoms with Gasteiger partial charge >= 0.3 is 0 Å². The maximum Gasteiger partial charge on any atom is 0.273 e. The van der Waals surface area contributed by atoms with Crippen LogP contribution in [-0.2, 0) is 17.6 Å². The number of rotatable bonds is 6. The molecular formula is C18H18N2O5. The van der Waals surface area contributed by atoms with Crippen molar-refractivity contribution in [2.24, 2.45) is 0 Å². The molecule has 0 heterocycles. The molecule has 25 heavy (non-hydrogen) atoms. The number of carbonyl (C=O) groups excluding carboxylic acids is 1. The van der Waals surface area contributed by atoms with E-state index in [0.29, 0.717) is 5.75 Å². The molecule has 0 aliphatic heterocycles. The number of nitro groups is 1. The highest BCUT2D eigenvalue weighted by atomic mass is 16.6. The molecule has 0 aromatic heterocycles. The van der Waals surface area contributed by atoms with Crippen molar-refractivity contribution in [3.63, 3.8) is 0 Å². The monoisotopic (exact) mass is 342 g/mol. The van der Waals surface area contributed by atoms with Crippen LogP contribution in [0, 0.1) is 10.1 Å². The fourth-order valence-electron chi connectivity index (χ4n) is 2.88. The van der Waals surface area contributed by atoms with Crippen LogP contribution in [0.4, 0.5) is 11.4 Å². The Hall–Kier alpha value is -3.09. The number of anilines is 1. The van der Waals surface area contributed by atoms with Crippen LogP contribution in [0.5, 0.6) is 11.5 Å². The van der Waals surface area contributed by atoms with Crippen molar-refractivity contribution >= 4 is 17.3 Å². The summed E-state index contributed by atoms with van der Waals surface area (Å²) < 4.78 is 10.5. The maximum atomic E-state index is 12.1. The highest BCUT2D eigenvalue weighted by molar-refractivity contribution is 5.92. The van der Waals surface area contributed by atoms with Crippen molar-refractivity contribution in [1.29, 1.82) is 0 Å². The zero-order valence-electron chi connectivity index (χ0n) is 13.8. The van der Waals surface area contributed by atoms with Crippen LogP contribution < -0.4 is 14.8 Å². The molecular weight excluding hydrogens is 324 g/mol. The Bertz CT molecular complexity index is 819. The zero-order valence-corrected chi connectivity index (χ0v) is 13.8. The van der Waals surface area contributed by atoms with Crippen molar-refractivity contribution in [3.8, 4) is 11.5 Å². The summed E-state index contributed by atoms with van der Waals surface area (Å²) in [6.07, 6.45) is 3.25. The lowest BCUT2D eigenvalue weighted by Gasteiger charge is -2.11. The number of nitrogens with zero attached hydrogens (tertiary/aromatic N) is 1. The number of non-ortho nitro benzene ring substituents is 1. The first-order valence-electron chi connectivity index (χ1n) is 7.93. The van der Waals surface area contributed by atoms with Gasteiger partial charge in [-0.3, -0.25) is 14.9 Å². The van der Waals surface area contributed by atoms with Crippen molar-refractivity contribution in [2.75, 3.05) is 19.0 Å². The van der Waals surface area contributed by atoms with E-state index in [1.165, 1.54) is 36.4 Å². The largest absolute Gasteiger partial charge is 0.493 e. The Balaban J connectivity index is 1.64. The normalized spacial score (nSPS) is 12.4. The molecule has 2 aromatic carbocycles. The maximum absolute atomic E-state index is 12.1. The number of methoxy groups -OCH3 is 1. The number of benzene rings is 2. The minimum Gasteiger partial charge on any atom is -0.493 e.